The summed E-state index contributed by atoms with van der Waals surface area (Å²) in [5.74, 6) is -0.446. The smallest absolute Gasteiger partial charge is 0.331 e. The van der Waals surface area contributed by atoms with Gasteiger partial charge in [-0.2, -0.15) is 0 Å². The molecule has 0 aliphatic carbocycles. The van der Waals surface area contributed by atoms with E-state index in [2.05, 4.69) is 5.32 Å². The van der Waals surface area contributed by atoms with Gasteiger partial charge in [-0.05, 0) is 30.7 Å². The zero-order chi connectivity index (χ0) is 21.3. The summed E-state index contributed by atoms with van der Waals surface area (Å²) in [4.78, 5) is 25.3. The molecule has 1 N–H and O–H groups in total. The Labute approximate surface area is 176 Å². The first-order valence-electron chi connectivity index (χ1n) is 9.50. The molecule has 152 valence electrons. The Morgan fingerprint density at radius 3 is 2.37 bits per heavy atom. The Morgan fingerprint density at radius 2 is 1.67 bits per heavy atom. The van der Waals surface area contributed by atoms with Crippen LogP contribution in [0.5, 0.6) is 5.75 Å². The molecule has 0 radical (unpaired) electrons. The van der Waals surface area contributed by atoms with Crippen LogP contribution in [0.15, 0.2) is 84.9 Å². The van der Waals surface area contributed by atoms with Gasteiger partial charge in [-0.1, -0.05) is 66.2 Å². The molecule has 0 spiro atoms. The molecular weight excluding hydrogens is 378 g/mol. The van der Waals surface area contributed by atoms with Crippen LogP contribution in [-0.4, -0.2) is 19.0 Å². The highest BCUT2D eigenvalue weighted by Crippen LogP contribution is 2.22. The van der Waals surface area contributed by atoms with Gasteiger partial charge in [-0.3, -0.25) is 4.79 Å². The largest absolute Gasteiger partial charge is 0.497 e. The Kier molecular flexibility index (Phi) is 7.00. The van der Waals surface area contributed by atoms with Gasteiger partial charge in [0.1, 0.15) is 5.75 Å². The van der Waals surface area contributed by atoms with Gasteiger partial charge in [-0.25, -0.2) is 4.79 Å². The van der Waals surface area contributed by atoms with E-state index in [1.165, 1.54) is 6.08 Å². The van der Waals surface area contributed by atoms with Gasteiger partial charge in [0.15, 0.2) is 0 Å². The first kappa shape index (κ1) is 20.9. The Bertz CT molecular complexity index is 1030. The summed E-state index contributed by atoms with van der Waals surface area (Å²) >= 11 is 0. The van der Waals surface area contributed by atoms with E-state index in [1.807, 2.05) is 37.3 Å². The number of aryl methyl sites for hydroxylation is 1. The number of carbonyl (C=O) groups excluding carboxylic acids is 2. The van der Waals surface area contributed by atoms with Crippen LogP contribution in [0.25, 0.3) is 6.08 Å². The predicted octanol–water partition coefficient (Wildman–Crippen LogP) is 4.94. The lowest BCUT2D eigenvalue weighted by Gasteiger charge is -2.17. The third-order valence-electron chi connectivity index (χ3n) is 4.40. The lowest BCUT2D eigenvalue weighted by molar-refractivity contribution is -0.149. The molecule has 0 saturated heterocycles. The molecule has 0 bridgehead atoms. The van der Waals surface area contributed by atoms with Crippen molar-refractivity contribution in [2.45, 2.75) is 13.0 Å². The minimum Gasteiger partial charge on any atom is -0.497 e. The van der Waals surface area contributed by atoms with E-state index in [1.54, 1.807) is 61.7 Å². The summed E-state index contributed by atoms with van der Waals surface area (Å²) in [7, 11) is 1.55. The molecule has 5 nitrogen and oxygen atoms in total. The summed E-state index contributed by atoms with van der Waals surface area (Å²) in [5.41, 5.74) is 3.13. The van der Waals surface area contributed by atoms with Crippen molar-refractivity contribution >= 4 is 23.6 Å². The molecule has 0 aromatic heterocycles. The molecule has 0 aliphatic rings. The lowest BCUT2D eigenvalue weighted by atomic mass is 10.1. The highest BCUT2D eigenvalue weighted by Gasteiger charge is 2.24. The van der Waals surface area contributed by atoms with E-state index in [9.17, 15) is 9.59 Å². The number of esters is 1. The number of hydrogen-bond acceptors (Lipinski definition) is 4. The predicted molar refractivity (Wildman–Crippen MR) is 117 cm³/mol. The van der Waals surface area contributed by atoms with Crippen molar-refractivity contribution in [3.63, 3.8) is 0 Å². The number of carbonyl (C=O) groups is 2. The summed E-state index contributed by atoms with van der Waals surface area (Å²) < 4.78 is 10.7. The van der Waals surface area contributed by atoms with Crippen LogP contribution in [0.4, 0.5) is 5.69 Å². The average Bonchev–Trinajstić information content (AvgIpc) is 2.77. The van der Waals surface area contributed by atoms with Gasteiger partial charge < -0.3 is 14.8 Å². The molecule has 0 heterocycles. The number of amides is 1. The van der Waals surface area contributed by atoms with Crippen molar-refractivity contribution in [3.05, 3.63) is 102 Å². The molecule has 3 rings (SSSR count). The molecule has 1 amide bonds. The highest BCUT2D eigenvalue weighted by atomic mass is 16.5. The van der Waals surface area contributed by atoms with Crippen molar-refractivity contribution in [1.29, 1.82) is 0 Å². The first-order chi connectivity index (χ1) is 14.5. The topological polar surface area (TPSA) is 64.6 Å². The molecule has 3 aromatic carbocycles. The Hall–Kier alpha value is -3.86. The van der Waals surface area contributed by atoms with Crippen LogP contribution in [0.2, 0.25) is 0 Å². The number of ether oxygens (including phenoxy) is 2. The minimum absolute atomic E-state index is 0.452. The van der Waals surface area contributed by atoms with E-state index in [0.717, 1.165) is 11.1 Å². The Morgan fingerprint density at radius 1 is 0.933 bits per heavy atom. The molecule has 5 heteroatoms. The second kappa shape index (κ2) is 10.1. The number of rotatable bonds is 7. The second-order valence-electron chi connectivity index (χ2n) is 6.69. The number of anilines is 1. The average molecular weight is 401 g/mol. The van der Waals surface area contributed by atoms with E-state index in [0.29, 0.717) is 17.0 Å². The van der Waals surface area contributed by atoms with Crippen LogP contribution in [-0.2, 0) is 14.3 Å². The normalized spacial score (nSPS) is 11.7. The maximum absolute atomic E-state index is 12.9. The van der Waals surface area contributed by atoms with Crippen molar-refractivity contribution in [3.8, 4) is 5.75 Å². The third kappa shape index (κ3) is 5.82. The molecule has 1 atom stereocenters. The van der Waals surface area contributed by atoms with Crippen molar-refractivity contribution in [2.24, 2.45) is 0 Å². The molecule has 0 aliphatic heterocycles. The molecule has 0 saturated carbocycles. The molecular formula is C25H23NO4. The SMILES string of the molecule is COc1cccc(NC(=O)C(OC(=O)/C=C/c2ccc(C)cc2)c2ccccc2)c1. The van der Waals surface area contributed by atoms with Gasteiger partial charge in [0, 0.05) is 23.4 Å². The van der Waals surface area contributed by atoms with Crippen molar-refractivity contribution < 1.29 is 19.1 Å². The van der Waals surface area contributed by atoms with E-state index >= 15 is 0 Å². The monoisotopic (exact) mass is 401 g/mol. The van der Waals surface area contributed by atoms with Crippen LogP contribution in [0, 0.1) is 6.92 Å². The molecule has 30 heavy (non-hydrogen) atoms. The highest BCUT2D eigenvalue weighted by molar-refractivity contribution is 5.97. The summed E-state index contributed by atoms with van der Waals surface area (Å²) in [5, 5.41) is 2.78. The number of nitrogens with one attached hydrogen (secondary N) is 1. The number of hydrogen-bond donors (Lipinski definition) is 1. The minimum atomic E-state index is -1.09. The van der Waals surface area contributed by atoms with Crippen LogP contribution < -0.4 is 10.1 Å². The zero-order valence-corrected chi connectivity index (χ0v) is 16.9. The molecule has 0 fully saturated rings. The second-order valence-corrected chi connectivity index (χ2v) is 6.69. The van der Waals surface area contributed by atoms with Crippen LogP contribution in [0.1, 0.15) is 22.8 Å². The van der Waals surface area contributed by atoms with Gasteiger partial charge in [-0.15, -0.1) is 0 Å². The Balaban J connectivity index is 1.76. The quantitative estimate of drug-likeness (QED) is 0.450. The standard InChI is InChI=1S/C25H23NO4/c1-18-11-13-19(14-12-18)15-16-23(27)30-24(20-7-4-3-5-8-20)25(28)26-21-9-6-10-22(17-21)29-2/h3-17,24H,1-2H3,(H,26,28)/b16-15+. The van der Waals surface area contributed by atoms with Crippen molar-refractivity contribution in [1.82, 2.24) is 0 Å². The molecule has 1 unspecified atom stereocenters. The van der Waals surface area contributed by atoms with E-state index in [-0.39, 0.29) is 0 Å². The van der Waals surface area contributed by atoms with Crippen LogP contribution >= 0.6 is 0 Å². The van der Waals surface area contributed by atoms with Gasteiger partial charge in [0.2, 0.25) is 6.10 Å². The van der Waals surface area contributed by atoms with Gasteiger partial charge >= 0.3 is 5.97 Å². The maximum atomic E-state index is 12.9. The van der Waals surface area contributed by atoms with Gasteiger partial charge in [0.05, 0.1) is 7.11 Å². The first-order valence-corrected chi connectivity index (χ1v) is 9.50. The van der Waals surface area contributed by atoms with Crippen molar-refractivity contribution in [2.75, 3.05) is 12.4 Å². The third-order valence-corrected chi connectivity index (χ3v) is 4.40. The van der Waals surface area contributed by atoms with E-state index in [4.69, 9.17) is 9.47 Å². The molecule has 3 aromatic rings. The van der Waals surface area contributed by atoms with Gasteiger partial charge in [0.25, 0.3) is 5.91 Å². The summed E-state index contributed by atoms with van der Waals surface area (Å²) in [6.45, 7) is 1.99. The number of benzene rings is 3. The fourth-order valence-electron chi connectivity index (χ4n) is 2.81. The fraction of sp³-hybridized carbons (Fsp3) is 0.120. The fourth-order valence-corrected chi connectivity index (χ4v) is 2.81. The zero-order valence-electron chi connectivity index (χ0n) is 16.9. The lowest BCUT2D eigenvalue weighted by Crippen LogP contribution is -2.25. The maximum Gasteiger partial charge on any atom is 0.331 e. The summed E-state index contributed by atoms with van der Waals surface area (Å²) in [6.07, 6.45) is 1.89. The van der Waals surface area contributed by atoms with E-state index < -0.39 is 18.0 Å². The van der Waals surface area contributed by atoms with Crippen LogP contribution in [0.3, 0.4) is 0 Å². The summed E-state index contributed by atoms with van der Waals surface area (Å²) in [6, 6.07) is 23.6. The number of methoxy groups -OCH3 is 1.